The molecule has 0 saturated heterocycles. The van der Waals surface area contributed by atoms with Gasteiger partial charge in [0, 0.05) is 5.69 Å². The van der Waals surface area contributed by atoms with Crippen molar-refractivity contribution in [3.8, 4) is 5.75 Å². The van der Waals surface area contributed by atoms with Gasteiger partial charge in [0.1, 0.15) is 5.75 Å². The van der Waals surface area contributed by atoms with E-state index in [9.17, 15) is 9.59 Å². The minimum atomic E-state index is -0.674. The molecule has 2 aromatic carbocycles. The Labute approximate surface area is 148 Å². The molecule has 1 N–H and O–H groups in total. The summed E-state index contributed by atoms with van der Waals surface area (Å²) in [5.74, 6) is -0.0249. The first-order valence-corrected chi connectivity index (χ1v) is 8.22. The number of aryl methyl sites for hydroxylation is 2. The first-order valence-electron chi connectivity index (χ1n) is 8.22. The van der Waals surface area contributed by atoms with E-state index < -0.39 is 12.1 Å². The van der Waals surface area contributed by atoms with Crippen molar-refractivity contribution in [2.24, 2.45) is 0 Å². The van der Waals surface area contributed by atoms with Gasteiger partial charge >= 0.3 is 5.97 Å². The molecule has 0 radical (unpaired) electrons. The van der Waals surface area contributed by atoms with Crippen LogP contribution in [0, 0.1) is 13.8 Å². The average molecular weight is 341 g/mol. The molecule has 0 fully saturated rings. The van der Waals surface area contributed by atoms with Crippen LogP contribution < -0.4 is 10.1 Å². The SMILES string of the molecule is CCOC(=O)c1cccc(NC(=O)[C@@H](C)Oc2cc(C)ccc2C)c1. The summed E-state index contributed by atoms with van der Waals surface area (Å²) in [6.45, 7) is 7.64. The Morgan fingerprint density at radius 3 is 2.60 bits per heavy atom. The lowest BCUT2D eigenvalue weighted by Gasteiger charge is -2.17. The molecule has 5 heteroatoms. The van der Waals surface area contributed by atoms with Crippen molar-refractivity contribution in [2.45, 2.75) is 33.8 Å². The highest BCUT2D eigenvalue weighted by Crippen LogP contribution is 2.21. The summed E-state index contributed by atoms with van der Waals surface area (Å²) >= 11 is 0. The smallest absolute Gasteiger partial charge is 0.338 e. The molecule has 1 atom stereocenters. The molecule has 0 heterocycles. The summed E-state index contributed by atoms with van der Waals surface area (Å²) in [5.41, 5.74) is 2.94. The molecule has 0 aliphatic carbocycles. The largest absolute Gasteiger partial charge is 0.481 e. The van der Waals surface area contributed by atoms with E-state index in [4.69, 9.17) is 9.47 Å². The molecule has 132 valence electrons. The molecule has 0 saturated carbocycles. The van der Waals surface area contributed by atoms with Gasteiger partial charge in [-0.3, -0.25) is 4.79 Å². The molecule has 2 rings (SSSR count). The van der Waals surface area contributed by atoms with Crippen molar-refractivity contribution < 1.29 is 19.1 Å². The summed E-state index contributed by atoms with van der Waals surface area (Å²) in [4.78, 5) is 24.1. The van der Waals surface area contributed by atoms with Crippen LogP contribution in [-0.4, -0.2) is 24.6 Å². The third kappa shape index (κ3) is 5.08. The molecular weight excluding hydrogens is 318 g/mol. The van der Waals surface area contributed by atoms with Crippen molar-refractivity contribution in [1.29, 1.82) is 0 Å². The van der Waals surface area contributed by atoms with E-state index >= 15 is 0 Å². The number of carbonyl (C=O) groups is 2. The van der Waals surface area contributed by atoms with Gasteiger partial charge in [0.15, 0.2) is 6.10 Å². The Kier molecular flexibility index (Phi) is 6.17. The topological polar surface area (TPSA) is 64.6 Å². The maximum atomic E-state index is 12.4. The van der Waals surface area contributed by atoms with Crippen LogP contribution in [0.4, 0.5) is 5.69 Å². The van der Waals surface area contributed by atoms with Crippen LogP contribution >= 0.6 is 0 Å². The number of carbonyl (C=O) groups excluding carboxylic acids is 2. The molecule has 1 amide bonds. The lowest BCUT2D eigenvalue weighted by atomic mass is 10.1. The zero-order valence-corrected chi connectivity index (χ0v) is 15.0. The fraction of sp³-hybridized carbons (Fsp3) is 0.300. The Morgan fingerprint density at radius 1 is 1.12 bits per heavy atom. The highest BCUT2D eigenvalue weighted by molar-refractivity contribution is 5.96. The normalized spacial score (nSPS) is 11.5. The van der Waals surface area contributed by atoms with Crippen LogP contribution in [0.5, 0.6) is 5.75 Å². The second-order valence-electron chi connectivity index (χ2n) is 5.82. The first kappa shape index (κ1) is 18.5. The Hall–Kier alpha value is -2.82. The van der Waals surface area contributed by atoms with Crippen LogP contribution in [0.1, 0.15) is 35.3 Å². The van der Waals surface area contributed by atoms with Crippen LogP contribution in [-0.2, 0) is 9.53 Å². The van der Waals surface area contributed by atoms with Gasteiger partial charge in [0.2, 0.25) is 0 Å². The fourth-order valence-electron chi connectivity index (χ4n) is 2.26. The highest BCUT2D eigenvalue weighted by Gasteiger charge is 2.17. The van der Waals surface area contributed by atoms with Crippen molar-refractivity contribution in [3.05, 3.63) is 59.2 Å². The van der Waals surface area contributed by atoms with E-state index in [0.717, 1.165) is 11.1 Å². The molecule has 0 aromatic heterocycles. The van der Waals surface area contributed by atoms with Crippen LogP contribution in [0.2, 0.25) is 0 Å². The quantitative estimate of drug-likeness (QED) is 0.810. The Balaban J connectivity index is 2.05. The lowest BCUT2D eigenvalue weighted by Crippen LogP contribution is -2.30. The van der Waals surface area contributed by atoms with Crippen molar-refractivity contribution in [1.82, 2.24) is 0 Å². The summed E-state index contributed by atoms with van der Waals surface area (Å²) in [6.07, 6.45) is -0.674. The van der Waals surface area contributed by atoms with Gasteiger partial charge in [-0.2, -0.15) is 0 Å². The standard InChI is InChI=1S/C20H23NO4/c1-5-24-20(23)16-7-6-8-17(12-16)21-19(22)15(4)25-18-11-13(2)9-10-14(18)3/h6-12,15H,5H2,1-4H3,(H,21,22)/t15-/m1/s1. The predicted octanol–water partition coefficient (Wildman–Crippen LogP) is 3.89. The number of esters is 1. The summed E-state index contributed by atoms with van der Waals surface area (Å²) in [7, 11) is 0. The van der Waals surface area contributed by atoms with E-state index in [2.05, 4.69) is 5.32 Å². The number of anilines is 1. The van der Waals surface area contributed by atoms with E-state index in [0.29, 0.717) is 23.6 Å². The van der Waals surface area contributed by atoms with E-state index in [-0.39, 0.29) is 5.91 Å². The number of amides is 1. The zero-order chi connectivity index (χ0) is 18.4. The molecule has 5 nitrogen and oxygen atoms in total. The van der Waals surface area contributed by atoms with Gasteiger partial charge in [-0.15, -0.1) is 0 Å². The molecule has 25 heavy (non-hydrogen) atoms. The van der Waals surface area contributed by atoms with Crippen molar-refractivity contribution in [2.75, 3.05) is 11.9 Å². The van der Waals surface area contributed by atoms with E-state index in [1.54, 1.807) is 38.1 Å². The number of benzene rings is 2. The van der Waals surface area contributed by atoms with Gasteiger partial charge in [-0.1, -0.05) is 18.2 Å². The number of nitrogens with one attached hydrogen (secondary N) is 1. The Morgan fingerprint density at radius 2 is 1.88 bits per heavy atom. The second kappa shape index (κ2) is 8.33. The third-order valence-electron chi connectivity index (χ3n) is 3.66. The maximum absolute atomic E-state index is 12.4. The predicted molar refractivity (Wildman–Crippen MR) is 97.0 cm³/mol. The Bertz CT molecular complexity index is 770. The molecule has 0 aliphatic heterocycles. The monoisotopic (exact) mass is 341 g/mol. The van der Waals surface area contributed by atoms with E-state index in [1.165, 1.54) is 0 Å². The molecule has 2 aromatic rings. The fourth-order valence-corrected chi connectivity index (χ4v) is 2.26. The van der Waals surface area contributed by atoms with Crippen molar-refractivity contribution >= 4 is 17.6 Å². The molecule has 0 aliphatic rings. The van der Waals surface area contributed by atoms with E-state index in [1.807, 2.05) is 32.0 Å². The number of rotatable bonds is 6. The summed E-state index contributed by atoms with van der Waals surface area (Å²) in [6, 6.07) is 12.5. The number of ether oxygens (including phenoxy) is 2. The van der Waals surface area contributed by atoms with Crippen LogP contribution in [0.25, 0.3) is 0 Å². The van der Waals surface area contributed by atoms with Gasteiger partial charge in [0.05, 0.1) is 12.2 Å². The molecule has 0 bridgehead atoms. The first-order chi connectivity index (χ1) is 11.9. The van der Waals surface area contributed by atoms with Crippen molar-refractivity contribution in [3.63, 3.8) is 0 Å². The van der Waals surface area contributed by atoms with Crippen LogP contribution in [0.15, 0.2) is 42.5 Å². The molecule has 0 spiro atoms. The van der Waals surface area contributed by atoms with Gasteiger partial charge in [-0.25, -0.2) is 4.79 Å². The third-order valence-corrected chi connectivity index (χ3v) is 3.66. The molecular formula is C20H23NO4. The lowest BCUT2D eigenvalue weighted by molar-refractivity contribution is -0.122. The van der Waals surface area contributed by atoms with Gasteiger partial charge in [0.25, 0.3) is 5.91 Å². The highest BCUT2D eigenvalue weighted by atomic mass is 16.5. The average Bonchev–Trinajstić information content (AvgIpc) is 2.58. The van der Waals surface area contributed by atoms with Crippen LogP contribution in [0.3, 0.4) is 0 Å². The number of hydrogen-bond acceptors (Lipinski definition) is 4. The molecule has 0 unspecified atom stereocenters. The minimum Gasteiger partial charge on any atom is -0.481 e. The van der Waals surface area contributed by atoms with Gasteiger partial charge in [-0.05, 0) is 63.1 Å². The van der Waals surface area contributed by atoms with Gasteiger partial charge < -0.3 is 14.8 Å². The number of hydrogen-bond donors (Lipinski definition) is 1. The summed E-state index contributed by atoms with van der Waals surface area (Å²) in [5, 5.41) is 2.76. The summed E-state index contributed by atoms with van der Waals surface area (Å²) < 4.78 is 10.7. The minimum absolute atomic E-state index is 0.290. The second-order valence-corrected chi connectivity index (χ2v) is 5.82. The maximum Gasteiger partial charge on any atom is 0.338 e. The zero-order valence-electron chi connectivity index (χ0n) is 15.0.